The van der Waals surface area contributed by atoms with Crippen LogP contribution in [0.1, 0.15) is 66.2 Å². The monoisotopic (exact) mass is 228 g/mol. The Morgan fingerprint density at radius 3 is 2.06 bits per heavy atom. The summed E-state index contributed by atoms with van der Waals surface area (Å²) in [5.74, 6) is 1.61. The van der Waals surface area contributed by atoms with E-state index in [4.69, 9.17) is 5.11 Å². The van der Waals surface area contributed by atoms with E-state index in [1.54, 1.807) is 0 Å². The highest BCUT2D eigenvalue weighted by molar-refractivity contribution is 5.66. The van der Waals surface area contributed by atoms with Gasteiger partial charge in [0.2, 0.25) is 0 Å². The second kappa shape index (κ2) is 8.60. The largest absolute Gasteiger partial charge is 0.481 e. The molecule has 0 aromatic carbocycles. The van der Waals surface area contributed by atoms with Crippen LogP contribution in [-0.4, -0.2) is 11.1 Å². The molecule has 0 rings (SSSR count). The molecule has 2 heteroatoms. The Hall–Kier alpha value is -0.530. The molecule has 0 amide bonds. The van der Waals surface area contributed by atoms with Crippen LogP contribution in [0.2, 0.25) is 0 Å². The van der Waals surface area contributed by atoms with Gasteiger partial charge in [-0.1, -0.05) is 47.0 Å². The SMILES string of the molecule is CC(C)CCC(CCCCC(=O)O)C(C)C. The van der Waals surface area contributed by atoms with Crippen molar-refractivity contribution in [3.63, 3.8) is 0 Å². The molecule has 1 atom stereocenters. The zero-order chi connectivity index (χ0) is 12.6. The fraction of sp³-hybridized carbons (Fsp3) is 0.929. The minimum absolute atomic E-state index is 0.328. The molecule has 1 unspecified atom stereocenters. The van der Waals surface area contributed by atoms with Crippen molar-refractivity contribution in [3.05, 3.63) is 0 Å². The molecule has 96 valence electrons. The van der Waals surface area contributed by atoms with Crippen LogP contribution in [0, 0.1) is 17.8 Å². The van der Waals surface area contributed by atoms with Gasteiger partial charge in [-0.15, -0.1) is 0 Å². The summed E-state index contributed by atoms with van der Waals surface area (Å²) in [7, 11) is 0. The van der Waals surface area contributed by atoms with Crippen molar-refractivity contribution >= 4 is 5.97 Å². The van der Waals surface area contributed by atoms with E-state index >= 15 is 0 Å². The summed E-state index contributed by atoms with van der Waals surface area (Å²) in [5.41, 5.74) is 0. The van der Waals surface area contributed by atoms with Crippen LogP contribution in [-0.2, 0) is 4.79 Å². The molecule has 0 radical (unpaired) electrons. The fourth-order valence-corrected chi connectivity index (χ4v) is 2.04. The molecule has 0 bridgehead atoms. The molecule has 0 aliphatic rings. The first-order chi connectivity index (χ1) is 7.43. The highest BCUT2D eigenvalue weighted by atomic mass is 16.4. The minimum atomic E-state index is -0.664. The summed E-state index contributed by atoms with van der Waals surface area (Å²) in [4.78, 5) is 10.4. The molecule has 0 heterocycles. The second-order valence-corrected chi connectivity index (χ2v) is 5.61. The summed E-state index contributed by atoms with van der Waals surface area (Å²) in [6, 6.07) is 0. The lowest BCUT2D eigenvalue weighted by molar-refractivity contribution is -0.137. The first-order valence-corrected chi connectivity index (χ1v) is 6.65. The highest BCUT2D eigenvalue weighted by Gasteiger charge is 2.13. The van der Waals surface area contributed by atoms with E-state index in [-0.39, 0.29) is 0 Å². The van der Waals surface area contributed by atoms with Crippen LogP contribution in [0.5, 0.6) is 0 Å². The molecule has 0 aliphatic heterocycles. The molecular formula is C14H28O2. The van der Waals surface area contributed by atoms with Gasteiger partial charge in [0.1, 0.15) is 0 Å². The van der Waals surface area contributed by atoms with Crippen molar-refractivity contribution in [1.29, 1.82) is 0 Å². The van der Waals surface area contributed by atoms with Crippen molar-refractivity contribution in [1.82, 2.24) is 0 Å². The van der Waals surface area contributed by atoms with Crippen LogP contribution in [0.3, 0.4) is 0 Å². The van der Waals surface area contributed by atoms with E-state index < -0.39 is 5.97 Å². The maximum atomic E-state index is 10.4. The lowest BCUT2D eigenvalue weighted by atomic mass is 9.85. The maximum Gasteiger partial charge on any atom is 0.303 e. The topological polar surface area (TPSA) is 37.3 Å². The molecule has 0 saturated carbocycles. The van der Waals surface area contributed by atoms with Crippen molar-refractivity contribution < 1.29 is 9.90 Å². The molecule has 0 spiro atoms. The average molecular weight is 228 g/mol. The third-order valence-corrected chi connectivity index (χ3v) is 3.27. The van der Waals surface area contributed by atoms with Gasteiger partial charge in [0, 0.05) is 6.42 Å². The van der Waals surface area contributed by atoms with Gasteiger partial charge in [-0.2, -0.15) is 0 Å². The Balaban J connectivity index is 3.72. The molecular weight excluding hydrogens is 200 g/mol. The smallest absolute Gasteiger partial charge is 0.303 e. The number of rotatable bonds is 9. The van der Waals surface area contributed by atoms with Crippen LogP contribution in [0.25, 0.3) is 0 Å². The Kier molecular flexibility index (Phi) is 8.32. The minimum Gasteiger partial charge on any atom is -0.481 e. The van der Waals surface area contributed by atoms with Gasteiger partial charge in [0.25, 0.3) is 0 Å². The van der Waals surface area contributed by atoms with E-state index in [2.05, 4.69) is 27.7 Å². The normalized spacial score (nSPS) is 13.4. The van der Waals surface area contributed by atoms with Gasteiger partial charge >= 0.3 is 5.97 Å². The molecule has 1 N–H and O–H groups in total. The molecule has 0 aromatic heterocycles. The van der Waals surface area contributed by atoms with Crippen molar-refractivity contribution in [2.45, 2.75) is 66.2 Å². The van der Waals surface area contributed by atoms with Gasteiger partial charge in [0.05, 0.1) is 0 Å². The standard InChI is InChI=1S/C14H28O2/c1-11(2)9-10-13(12(3)4)7-5-6-8-14(15)16/h11-13H,5-10H2,1-4H3,(H,15,16). The van der Waals surface area contributed by atoms with Crippen molar-refractivity contribution in [2.75, 3.05) is 0 Å². The predicted molar refractivity (Wildman–Crippen MR) is 68.5 cm³/mol. The Morgan fingerprint density at radius 1 is 1.00 bits per heavy atom. The van der Waals surface area contributed by atoms with E-state index in [9.17, 15) is 4.79 Å². The average Bonchev–Trinajstić information content (AvgIpc) is 2.15. The van der Waals surface area contributed by atoms with Crippen molar-refractivity contribution in [2.24, 2.45) is 17.8 Å². The van der Waals surface area contributed by atoms with Gasteiger partial charge in [-0.25, -0.2) is 0 Å². The molecule has 0 fully saturated rings. The van der Waals surface area contributed by atoms with E-state index in [0.717, 1.165) is 30.6 Å². The molecule has 0 saturated heterocycles. The van der Waals surface area contributed by atoms with Crippen molar-refractivity contribution in [3.8, 4) is 0 Å². The fourth-order valence-electron chi connectivity index (χ4n) is 2.04. The summed E-state index contributed by atoms with van der Waals surface area (Å²) < 4.78 is 0. The summed E-state index contributed by atoms with van der Waals surface area (Å²) >= 11 is 0. The van der Waals surface area contributed by atoms with Crippen LogP contribution in [0.15, 0.2) is 0 Å². The zero-order valence-electron chi connectivity index (χ0n) is 11.3. The molecule has 2 nitrogen and oxygen atoms in total. The van der Waals surface area contributed by atoms with E-state index in [1.807, 2.05) is 0 Å². The van der Waals surface area contributed by atoms with Crippen LogP contribution in [0.4, 0.5) is 0 Å². The molecule has 0 aromatic rings. The lowest BCUT2D eigenvalue weighted by Gasteiger charge is -2.21. The molecule has 0 aliphatic carbocycles. The predicted octanol–water partition coefficient (Wildman–Crippen LogP) is 4.34. The number of unbranched alkanes of at least 4 members (excludes halogenated alkanes) is 1. The number of aliphatic carboxylic acids is 1. The third kappa shape index (κ3) is 8.75. The number of carboxylic acid groups (broad SMARTS) is 1. The first-order valence-electron chi connectivity index (χ1n) is 6.65. The summed E-state index contributed by atoms with van der Waals surface area (Å²) in [5, 5.41) is 8.56. The maximum absolute atomic E-state index is 10.4. The first kappa shape index (κ1) is 15.5. The van der Waals surface area contributed by atoms with E-state index in [0.29, 0.717) is 6.42 Å². The lowest BCUT2D eigenvalue weighted by Crippen LogP contribution is -2.10. The zero-order valence-corrected chi connectivity index (χ0v) is 11.3. The number of hydrogen-bond acceptors (Lipinski definition) is 1. The number of carboxylic acids is 1. The van der Waals surface area contributed by atoms with Crippen LogP contribution < -0.4 is 0 Å². The van der Waals surface area contributed by atoms with Gasteiger partial charge < -0.3 is 5.11 Å². The Morgan fingerprint density at radius 2 is 1.62 bits per heavy atom. The quantitative estimate of drug-likeness (QED) is 0.596. The molecule has 16 heavy (non-hydrogen) atoms. The number of hydrogen-bond donors (Lipinski definition) is 1. The summed E-state index contributed by atoms with van der Waals surface area (Å²) in [6.07, 6.45) is 6.00. The van der Waals surface area contributed by atoms with Gasteiger partial charge in [-0.05, 0) is 30.6 Å². The number of carbonyl (C=O) groups is 1. The highest BCUT2D eigenvalue weighted by Crippen LogP contribution is 2.25. The Labute approximate surface area is 100 Å². The van der Waals surface area contributed by atoms with Crippen LogP contribution >= 0.6 is 0 Å². The van der Waals surface area contributed by atoms with Gasteiger partial charge in [-0.3, -0.25) is 4.79 Å². The second-order valence-electron chi connectivity index (χ2n) is 5.61. The van der Waals surface area contributed by atoms with E-state index in [1.165, 1.54) is 19.3 Å². The Bertz CT molecular complexity index is 185. The third-order valence-electron chi connectivity index (χ3n) is 3.27. The summed E-state index contributed by atoms with van der Waals surface area (Å²) in [6.45, 7) is 9.09. The van der Waals surface area contributed by atoms with Gasteiger partial charge in [0.15, 0.2) is 0 Å².